The van der Waals surface area contributed by atoms with Gasteiger partial charge in [0.15, 0.2) is 0 Å². The van der Waals surface area contributed by atoms with Crippen LogP contribution in [0.2, 0.25) is 5.02 Å². The first-order chi connectivity index (χ1) is 20.7. The lowest BCUT2D eigenvalue weighted by molar-refractivity contribution is -0.0592. The molecule has 0 saturated carbocycles. The maximum Gasteiger partial charge on any atom is 0.335 e. The van der Waals surface area contributed by atoms with Gasteiger partial charge in [0.05, 0.1) is 46.5 Å². The summed E-state index contributed by atoms with van der Waals surface area (Å²) in [6.07, 6.45) is 1.10. The standard InChI is InChI=1S/C33H36ClN5O4/c1-22-6-9-29(27(34)16-22)36(2)19-23-4-3-5-24(17-23)32(40)38-13-11-37(12-14-38)21-31-35-28-8-7-25(33(41)42)18-30(28)39(31)20-26-10-15-43-26/h3-9,16-18,26H,10-15,19-21H2,1-2H3,(H,41,42). The van der Waals surface area contributed by atoms with Crippen LogP contribution < -0.4 is 4.90 Å². The van der Waals surface area contributed by atoms with Crippen molar-refractivity contribution < 1.29 is 19.4 Å². The molecule has 2 aliphatic heterocycles. The normalized spacial score (nSPS) is 17.2. The number of hydrogen-bond acceptors (Lipinski definition) is 6. The number of rotatable bonds is 9. The van der Waals surface area contributed by atoms with E-state index in [1.165, 1.54) is 0 Å². The lowest BCUT2D eigenvalue weighted by atomic mass is 10.1. The molecule has 2 fully saturated rings. The van der Waals surface area contributed by atoms with Crippen molar-refractivity contribution in [1.82, 2.24) is 19.4 Å². The maximum atomic E-state index is 13.5. The number of imidazole rings is 1. The van der Waals surface area contributed by atoms with E-state index in [0.717, 1.165) is 59.8 Å². The second kappa shape index (κ2) is 12.4. The van der Waals surface area contributed by atoms with Crippen molar-refractivity contribution >= 4 is 40.2 Å². The first-order valence-electron chi connectivity index (χ1n) is 14.7. The number of halogens is 1. The van der Waals surface area contributed by atoms with Gasteiger partial charge in [-0.2, -0.15) is 0 Å². The number of carbonyl (C=O) groups is 2. The Balaban J connectivity index is 1.10. The molecule has 2 aliphatic rings. The van der Waals surface area contributed by atoms with Crippen LogP contribution in [-0.2, 0) is 24.4 Å². The van der Waals surface area contributed by atoms with Crippen molar-refractivity contribution in [2.24, 2.45) is 0 Å². The molecule has 1 amide bonds. The summed E-state index contributed by atoms with van der Waals surface area (Å²) in [5.74, 6) is -0.0310. The predicted molar refractivity (Wildman–Crippen MR) is 167 cm³/mol. The van der Waals surface area contributed by atoms with Crippen molar-refractivity contribution in [3.63, 3.8) is 0 Å². The van der Waals surface area contributed by atoms with Crippen molar-refractivity contribution in [2.45, 2.75) is 39.1 Å². The zero-order valence-electron chi connectivity index (χ0n) is 24.5. The summed E-state index contributed by atoms with van der Waals surface area (Å²) in [6, 6.07) is 18.9. The summed E-state index contributed by atoms with van der Waals surface area (Å²) in [5.41, 5.74) is 5.64. The fraction of sp³-hybridized carbons (Fsp3) is 0.364. The molecule has 4 aromatic rings. The predicted octanol–water partition coefficient (Wildman–Crippen LogP) is 5.08. The molecule has 224 valence electrons. The molecule has 10 heteroatoms. The number of amides is 1. The largest absolute Gasteiger partial charge is 0.478 e. The molecule has 0 spiro atoms. The van der Waals surface area contributed by atoms with E-state index in [1.54, 1.807) is 18.2 Å². The molecule has 1 N–H and O–H groups in total. The number of piperazine rings is 1. The number of anilines is 1. The third-order valence-corrected chi connectivity index (χ3v) is 8.69. The van der Waals surface area contributed by atoms with E-state index in [1.807, 2.05) is 61.3 Å². The van der Waals surface area contributed by atoms with Crippen LogP contribution in [0.4, 0.5) is 5.69 Å². The van der Waals surface area contributed by atoms with Gasteiger partial charge in [-0.3, -0.25) is 9.69 Å². The van der Waals surface area contributed by atoms with Crippen molar-refractivity contribution in [1.29, 1.82) is 0 Å². The first kappa shape index (κ1) is 29.2. The smallest absolute Gasteiger partial charge is 0.335 e. The Labute approximate surface area is 256 Å². The lowest BCUT2D eigenvalue weighted by Gasteiger charge is -2.35. The van der Waals surface area contributed by atoms with E-state index in [2.05, 4.69) is 14.4 Å². The number of aromatic carboxylic acids is 1. The number of ether oxygens (including phenoxy) is 1. The number of carbonyl (C=O) groups excluding carboxylic acids is 1. The summed E-state index contributed by atoms with van der Waals surface area (Å²) in [4.78, 5) is 36.3. The molecule has 9 nitrogen and oxygen atoms in total. The monoisotopic (exact) mass is 601 g/mol. The SMILES string of the molecule is Cc1ccc(N(C)Cc2cccc(C(=O)N3CCN(Cc4nc5ccc(C(=O)O)cc5n4CC4CCO4)CC3)c2)c(Cl)c1. The van der Waals surface area contributed by atoms with Gasteiger partial charge in [-0.05, 0) is 66.9 Å². The van der Waals surface area contributed by atoms with E-state index in [0.29, 0.717) is 43.3 Å². The quantitative estimate of drug-likeness (QED) is 0.286. The maximum absolute atomic E-state index is 13.5. The zero-order valence-corrected chi connectivity index (χ0v) is 25.3. The minimum Gasteiger partial charge on any atom is -0.478 e. The zero-order chi connectivity index (χ0) is 30.1. The van der Waals surface area contributed by atoms with Crippen molar-refractivity contribution in [2.75, 3.05) is 44.7 Å². The van der Waals surface area contributed by atoms with Crippen molar-refractivity contribution in [3.8, 4) is 0 Å². The summed E-state index contributed by atoms with van der Waals surface area (Å²) in [5, 5.41) is 10.2. The van der Waals surface area contributed by atoms with Gasteiger partial charge in [-0.1, -0.05) is 29.8 Å². The second-order valence-corrected chi connectivity index (χ2v) is 11.9. The van der Waals surface area contributed by atoms with E-state index < -0.39 is 5.97 Å². The minimum absolute atomic E-state index is 0.0353. The number of aryl methyl sites for hydroxylation is 1. The fourth-order valence-electron chi connectivity index (χ4n) is 5.84. The van der Waals surface area contributed by atoms with Gasteiger partial charge in [-0.15, -0.1) is 0 Å². The van der Waals surface area contributed by atoms with E-state index >= 15 is 0 Å². The highest BCUT2D eigenvalue weighted by molar-refractivity contribution is 6.33. The van der Waals surface area contributed by atoms with Crippen molar-refractivity contribution in [3.05, 3.63) is 93.8 Å². The molecule has 0 aliphatic carbocycles. The van der Waals surface area contributed by atoms with Crippen LogP contribution in [0.1, 0.15) is 44.1 Å². The van der Waals surface area contributed by atoms with Crippen LogP contribution >= 0.6 is 11.6 Å². The number of carboxylic acid groups (broad SMARTS) is 1. The fourth-order valence-corrected chi connectivity index (χ4v) is 6.22. The molecule has 3 aromatic carbocycles. The molecule has 1 unspecified atom stereocenters. The van der Waals surface area contributed by atoms with Gasteiger partial charge in [0.25, 0.3) is 5.91 Å². The van der Waals surface area contributed by atoms with Crippen LogP contribution in [-0.4, -0.2) is 82.3 Å². The van der Waals surface area contributed by atoms with E-state index in [9.17, 15) is 14.7 Å². The molecular formula is C33H36ClN5O4. The Morgan fingerprint density at radius 3 is 2.53 bits per heavy atom. The average molecular weight is 602 g/mol. The molecular weight excluding hydrogens is 566 g/mol. The highest BCUT2D eigenvalue weighted by Gasteiger charge is 2.26. The Morgan fingerprint density at radius 2 is 1.84 bits per heavy atom. The Kier molecular flexibility index (Phi) is 8.38. The highest BCUT2D eigenvalue weighted by Crippen LogP contribution is 2.28. The number of hydrogen-bond donors (Lipinski definition) is 1. The van der Waals surface area contributed by atoms with Gasteiger partial charge < -0.3 is 24.2 Å². The number of nitrogens with zero attached hydrogens (tertiary/aromatic N) is 5. The van der Waals surface area contributed by atoms with Gasteiger partial charge in [0.2, 0.25) is 0 Å². The molecule has 3 heterocycles. The number of fused-ring (bicyclic) bond motifs is 1. The van der Waals surface area contributed by atoms with Crippen LogP contribution in [0.3, 0.4) is 0 Å². The molecule has 2 saturated heterocycles. The third-order valence-electron chi connectivity index (χ3n) is 8.39. The van der Waals surface area contributed by atoms with Crippen LogP contribution in [0, 0.1) is 6.92 Å². The molecule has 1 aromatic heterocycles. The van der Waals surface area contributed by atoms with E-state index in [4.69, 9.17) is 21.3 Å². The summed E-state index contributed by atoms with van der Waals surface area (Å²) < 4.78 is 7.79. The topological polar surface area (TPSA) is 91.1 Å². The number of aromatic nitrogens is 2. The summed E-state index contributed by atoms with van der Waals surface area (Å²) >= 11 is 6.48. The molecule has 0 bridgehead atoms. The highest BCUT2D eigenvalue weighted by atomic mass is 35.5. The van der Waals surface area contributed by atoms with E-state index in [-0.39, 0.29) is 17.6 Å². The van der Waals surface area contributed by atoms with Crippen LogP contribution in [0.5, 0.6) is 0 Å². The molecule has 43 heavy (non-hydrogen) atoms. The molecule has 0 radical (unpaired) electrons. The summed E-state index contributed by atoms with van der Waals surface area (Å²) in [6.45, 7) is 7.37. The third kappa shape index (κ3) is 6.39. The molecule has 6 rings (SSSR count). The Morgan fingerprint density at radius 1 is 1.05 bits per heavy atom. The number of benzene rings is 3. The molecule has 1 atom stereocenters. The van der Waals surface area contributed by atoms with Gasteiger partial charge in [0.1, 0.15) is 5.82 Å². The first-order valence-corrected chi connectivity index (χ1v) is 15.0. The van der Waals surface area contributed by atoms with Crippen LogP contribution in [0.15, 0.2) is 60.7 Å². The van der Waals surface area contributed by atoms with Gasteiger partial charge >= 0.3 is 5.97 Å². The number of carboxylic acids is 1. The van der Waals surface area contributed by atoms with Gasteiger partial charge in [-0.25, -0.2) is 9.78 Å². The second-order valence-electron chi connectivity index (χ2n) is 11.5. The minimum atomic E-state index is -0.954. The lowest BCUT2D eigenvalue weighted by Crippen LogP contribution is -2.48. The Hall–Kier alpha value is -3.92. The van der Waals surface area contributed by atoms with Crippen LogP contribution in [0.25, 0.3) is 11.0 Å². The average Bonchev–Trinajstić information content (AvgIpc) is 3.30. The Bertz CT molecular complexity index is 1660. The summed E-state index contributed by atoms with van der Waals surface area (Å²) in [7, 11) is 2.00. The van der Waals surface area contributed by atoms with Gasteiger partial charge in [0, 0.05) is 51.9 Å².